The van der Waals surface area contributed by atoms with Gasteiger partial charge in [-0.1, -0.05) is 0 Å². The van der Waals surface area contributed by atoms with E-state index in [1.165, 1.54) is 25.9 Å². The Morgan fingerprint density at radius 2 is 1.70 bits per heavy atom. The molecule has 0 radical (unpaired) electrons. The van der Waals surface area contributed by atoms with E-state index in [0.717, 1.165) is 25.0 Å². The van der Waals surface area contributed by atoms with Gasteiger partial charge in [-0.05, 0) is 25.7 Å². The highest BCUT2D eigenvalue weighted by atomic mass is 32.2. The Kier molecular flexibility index (Phi) is 5.12. The molecule has 0 atom stereocenters. The number of aryl methyl sites for hydroxylation is 2. The summed E-state index contributed by atoms with van der Waals surface area (Å²) in [6, 6.07) is -1.22. The molecule has 2 aromatic heterocycles. The number of aromatic nitrogens is 5. The summed E-state index contributed by atoms with van der Waals surface area (Å²) in [5.41, 5.74) is 1.39. The van der Waals surface area contributed by atoms with E-state index in [9.17, 15) is 13.2 Å². The van der Waals surface area contributed by atoms with Crippen molar-refractivity contribution in [2.75, 3.05) is 19.5 Å². The predicted molar refractivity (Wildman–Crippen MR) is 92.1 cm³/mol. The summed E-state index contributed by atoms with van der Waals surface area (Å²) in [6.07, 6.45) is 3.15. The Morgan fingerprint density at radius 3 is 2.33 bits per heavy atom. The quantitative estimate of drug-likeness (QED) is 0.711. The van der Waals surface area contributed by atoms with Crippen molar-refractivity contribution in [3.8, 4) is 12.0 Å². The van der Waals surface area contributed by atoms with Crippen molar-refractivity contribution in [1.82, 2.24) is 29.5 Å². The molecule has 0 aliphatic heterocycles. The van der Waals surface area contributed by atoms with Crippen molar-refractivity contribution in [2.24, 2.45) is 7.05 Å². The van der Waals surface area contributed by atoms with Crippen LogP contribution in [0.1, 0.15) is 24.1 Å². The molecule has 0 spiro atoms. The van der Waals surface area contributed by atoms with Gasteiger partial charge in [0.15, 0.2) is 5.03 Å². The molecule has 146 valence electrons. The maximum absolute atomic E-state index is 12.7. The number of rotatable bonds is 5. The van der Waals surface area contributed by atoms with Crippen LogP contribution in [0.4, 0.5) is 10.7 Å². The maximum Gasteiger partial charge on any atom is 0.335 e. The number of ether oxygens (including phenoxy) is 2. The zero-order valence-electron chi connectivity index (χ0n) is 15.0. The van der Waals surface area contributed by atoms with Crippen LogP contribution >= 0.6 is 0 Å². The highest BCUT2D eigenvalue weighted by molar-refractivity contribution is 7.90. The number of anilines is 1. The number of carbonyl (C=O) groups is 1. The number of carbonyl (C=O) groups excluding carboxylic acids is 1. The number of hydrogen-bond acceptors (Lipinski definition) is 9. The van der Waals surface area contributed by atoms with E-state index in [2.05, 4.69) is 25.4 Å². The van der Waals surface area contributed by atoms with Crippen LogP contribution in [0.25, 0.3) is 0 Å². The van der Waals surface area contributed by atoms with E-state index in [0.29, 0.717) is 12.0 Å². The fourth-order valence-electron chi connectivity index (χ4n) is 2.86. The zero-order valence-corrected chi connectivity index (χ0v) is 15.8. The summed E-state index contributed by atoms with van der Waals surface area (Å²) in [5, 5.41) is 6.47. The zero-order chi connectivity index (χ0) is 19.6. The fraction of sp³-hybridized carbons (Fsp3) is 0.500. The van der Waals surface area contributed by atoms with Gasteiger partial charge in [-0.2, -0.15) is 23.5 Å². The lowest BCUT2D eigenvalue weighted by molar-refractivity contribution is 0.256. The van der Waals surface area contributed by atoms with Gasteiger partial charge in [-0.25, -0.2) is 9.52 Å². The lowest BCUT2D eigenvalue weighted by Gasteiger charge is -2.12. The third kappa shape index (κ3) is 3.92. The van der Waals surface area contributed by atoms with Gasteiger partial charge in [0, 0.05) is 12.6 Å². The molecule has 13 heteroatoms. The van der Waals surface area contributed by atoms with Crippen LogP contribution in [0.2, 0.25) is 0 Å². The molecule has 0 aromatic carbocycles. The predicted octanol–water partition coefficient (Wildman–Crippen LogP) is 0.0115. The second-order valence-electron chi connectivity index (χ2n) is 5.75. The Labute approximate surface area is 155 Å². The van der Waals surface area contributed by atoms with Gasteiger partial charge in [-0.15, -0.1) is 4.98 Å². The summed E-state index contributed by atoms with van der Waals surface area (Å²) >= 11 is 0. The summed E-state index contributed by atoms with van der Waals surface area (Å²) in [7, 11) is 0.0552. The van der Waals surface area contributed by atoms with Gasteiger partial charge >= 0.3 is 18.1 Å². The van der Waals surface area contributed by atoms with E-state index in [1.807, 2.05) is 4.72 Å². The van der Waals surface area contributed by atoms with Gasteiger partial charge in [0.1, 0.15) is 0 Å². The van der Waals surface area contributed by atoms with E-state index in [-0.39, 0.29) is 23.0 Å². The standard InChI is InChI=1S/C14H19N7O5S/c1-21-10(8-6-4-5-7-9(8)19-21)27(23,24)20-12(22)15-11-16-13(25-2)18-14(17-11)26-3/h4-7H2,1-3H3,(H2,15,16,17,18,20,22). The Hall–Kier alpha value is -2.96. The second kappa shape index (κ2) is 7.34. The Bertz CT molecular complexity index is 950. The van der Waals surface area contributed by atoms with Gasteiger partial charge in [0.05, 0.1) is 19.9 Å². The van der Waals surface area contributed by atoms with Crippen molar-refractivity contribution in [2.45, 2.75) is 30.7 Å². The normalized spacial score (nSPS) is 13.6. The molecule has 1 aliphatic carbocycles. The monoisotopic (exact) mass is 397 g/mol. The van der Waals surface area contributed by atoms with Crippen LogP contribution < -0.4 is 19.5 Å². The van der Waals surface area contributed by atoms with Crippen LogP contribution in [0.3, 0.4) is 0 Å². The SMILES string of the molecule is COc1nc(NC(=O)NS(=O)(=O)c2c3c(nn2C)CCCC3)nc(OC)n1. The minimum absolute atomic E-state index is 0.0156. The first-order chi connectivity index (χ1) is 12.8. The molecule has 0 saturated heterocycles. The molecule has 0 bridgehead atoms. The van der Waals surface area contributed by atoms with E-state index < -0.39 is 16.1 Å². The minimum atomic E-state index is -4.14. The molecule has 3 rings (SSSR count). The maximum atomic E-state index is 12.7. The smallest absolute Gasteiger partial charge is 0.335 e. The lowest BCUT2D eigenvalue weighted by atomic mass is 9.99. The molecule has 2 N–H and O–H groups in total. The summed E-state index contributed by atoms with van der Waals surface area (Å²) in [4.78, 5) is 23.6. The van der Waals surface area contributed by atoms with Gasteiger partial charge in [-0.3, -0.25) is 10.00 Å². The number of fused-ring (bicyclic) bond motifs is 1. The molecule has 0 unspecified atom stereocenters. The average molecular weight is 397 g/mol. The first-order valence-electron chi connectivity index (χ1n) is 8.06. The second-order valence-corrected chi connectivity index (χ2v) is 7.35. The number of urea groups is 1. The van der Waals surface area contributed by atoms with E-state index >= 15 is 0 Å². The molecule has 12 nitrogen and oxygen atoms in total. The molecule has 1 aliphatic rings. The number of nitrogens with one attached hydrogen (secondary N) is 2. The molecule has 0 saturated carbocycles. The molecule has 27 heavy (non-hydrogen) atoms. The largest absolute Gasteiger partial charge is 0.467 e. The number of amides is 2. The molecule has 2 amide bonds. The van der Waals surface area contributed by atoms with Crippen LogP contribution in [-0.2, 0) is 29.9 Å². The van der Waals surface area contributed by atoms with E-state index in [4.69, 9.17) is 9.47 Å². The lowest BCUT2D eigenvalue weighted by Crippen LogP contribution is -2.36. The van der Waals surface area contributed by atoms with Crippen molar-refractivity contribution >= 4 is 22.0 Å². The Morgan fingerprint density at radius 1 is 1.07 bits per heavy atom. The number of sulfonamides is 1. The van der Waals surface area contributed by atoms with Crippen molar-refractivity contribution in [3.05, 3.63) is 11.3 Å². The van der Waals surface area contributed by atoms with Crippen LogP contribution in [-0.4, -0.2) is 53.4 Å². The van der Waals surface area contributed by atoms with Crippen molar-refractivity contribution in [3.63, 3.8) is 0 Å². The summed E-state index contributed by atoms with van der Waals surface area (Å²) in [5.74, 6) is -0.224. The number of methoxy groups -OCH3 is 2. The van der Waals surface area contributed by atoms with Crippen molar-refractivity contribution < 1.29 is 22.7 Å². The molecule has 2 aromatic rings. The van der Waals surface area contributed by atoms with E-state index in [1.54, 1.807) is 0 Å². The minimum Gasteiger partial charge on any atom is -0.467 e. The van der Waals surface area contributed by atoms with Crippen LogP contribution in [0, 0.1) is 0 Å². The highest BCUT2D eigenvalue weighted by Gasteiger charge is 2.30. The molecule has 0 fully saturated rings. The topological polar surface area (TPSA) is 150 Å². The Balaban J connectivity index is 1.81. The first kappa shape index (κ1) is 18.8. The van der Waals surface area contributed by atoms with Gasteiger partial charge in [0.2, 0.25) is 5.95 Å². The molecular weight excluding hydrogens is 378 g/mol. The van der Waals surface area contributed by atoms with Gasteiger partial charge < -0.3 is 9.47 Å². The molecule has 2 heterocycles. The first-order valence-corrected chi connectivity index (χ1v) is 9.55. The van der Waals surface area contributed by atoms with Crippen LogP contribution in [0.5, 0.6) is 12.0 Å². The third-order valence-corrected chi connectivity index (χ3v) is 5.40. The summed E-state index contributed by atoms with van der Waals surface area (Å²) < 4.78 is 38.4. The van der Waals surface area contributed by atoms with Crippen molar-refractivity contribution in [1.29, 1.82) is 0 Å². The third-order valence-electron chi connectivity index (χ3n) is 3.93. The highest BCUT2D eigenvalue weighted by Crippen LogP contribution is 2.26. The van der Waals surface area contributed by atoms with Gasteiger partial charge in [0.25, 0.3) is 10.0 Å². The summed E-state index contributed by atoms with van der Waals surface area (Å²) in [6.45, 7) is 0. The average Bonchev–Trinajstić information content (AvgIpc) is 2.97. The fourth-order valence-corrected chi connectivity index (χ4v) is 4.19. The molecular formula is C14H19N7O5S. The number of nitrogens with zero attached hydrogens (tertiary/aromatic N) is 5. The number of hydrogen-bond donors (Lipinski definition) is 2. The van der Waals surface area contributed by atoms with Crippen LogP contribution in [0.15, 0.2) is 5.03 Å².